The van der Waals surface area contributed by atoms with Crippen molar-refractivity contribution < 1.29 is 17.7 Å². The third-order valence-corrected chi connectivity index (χ3v) is 7.41. The highest BCUT2D eigenvalue weighted by Gasteiger charge is 2.37. The van der Waals surface area contributed by atoms with Gasteiger partial charge in [-0.1, -0.05) is 53.7 Å². The zero-order valence-corrected chi connectivity index (χ0v) is 19.5. The summed E-state index contributed by atoms with van der Waals surface area (Å²) in [6, 6.07) is 7.50. The van der Waals surface area contributed by atoms with E-state index in [2.05, 4.69) is 21.1 Å². The normalized spacial score (nSPS) is 16.8. The second-order valence-electron chi connectivity index (χ2n) is 8.56. The first-order valence-electron chi connectivity index (χ1n) is 11.3. The third-order valence-electron chi connectivity index (χ3n) is 6.25. The average Bonchev–Trinajstić information content (AvgIpc) is 3.53. The van der Waals surface area contributed by atoms with E-state index < -0.39 is 11.1 Å². The predicted octanol–water partition coefficient (Wildman–Crippen LogP) is 7.29. The minimum Gasteiger partial charge on any atom is -0.333 e. The Labute approximate surface area is 200 Å². The van der Waals surface area contributed by atoms with E-state index in [0.717, 1.165) is 30.8 Å². The van der Waals surface area contributed by atoms with Gasteiger partial charge in [0.05, 0.1) is 4.88 Å². The minimum absolute atomic E-state index is 0.0985. The molecule has 0 bridgehead atoms. The monoisotopic (exact) mass is 483 g/mol. The van der Waals surface area contributed by atoms with Gasteiger partial charge in [-0.15, -0.1) is 11.3 Å². The number of hydrogen-bond donors (Lipinski definition) is 0. The van der Waals surface area contributed by atoms with Crippen molar-refractivity contribution in [3.8, 4) is 22.2 Å². The smallest absolute Gasteiger partial charge is 0.333 e. The SMILES string of the molecule is Cc1c(CN2CCCC2)cccc1-c1noc(-c2cc(C3=CC=CC=CC3)c(C(F)(F)F)s2)n1. The van der Waals surface area contributed by atoms with Crippen LogP contribution < -0.4 is 0 Å². The summed E-state index contributed by atoms with van der Waals surface area (Å²) >= 11 is 0.640. The molecule has 4 nitrogen and oxygen atoms in total. The summed E-state index contributed by atoms with van der Waals surface area (Å²) in [6.45, 7) is 5.09. The molecule has 0 saturated carbocycles. The Hall–Kier alpha value is -2.97. The Morgan fingerprint density at radius 2 is 1.91 bits per heavy atom. The number of alkyl halides is 3. The zero-order chi connectivity index (χ0) is 23.7. The lowest BCUT2D eigenvalue weighted by Crippen LogP contribution is -2.19. The lowest BCUT2D eigenvalue weighted by atomic mass is 10.0. The van der Waals surface area contributed by atoms with Crippen LogP contribution in [0.1, 0.15) is 40.8 Å². The standard InChI is InChI=1S/C26H24F3N3OS/c1-17-19(16-32-13-6-7-14-32)11-8-12-20(17)24-30-25(33-31-24)22-15-21(23(34-22)26(27,28)29)18-9-4-2-3-5-10-18/h2-5,8-9,11-12,15H,6-7,10,13-14,16H2,1H3. The number of allylic oxidation sites excluding steroid dienone is 6. The van der Waals surface area contributed by atoms with Crippen molar-refractivity contribution in [1.82, 2.24) is 15.0 Å². The summed E-state index contributed by atoms with van der Waals surface area (Å²) in [5.74, 6) is 0.486. The van der Waals surface area contributed by atoms with Crippen LogP contribution in [0.2, 0.25) is 0 Å². The van der Waals surface area contributed by atoms with Crippen molar-refractivity contribution >= 4 is 16.9 Å². The number of rotatable bonds is 5. The average molecular weight is 484 g/mol. The van der Waals surface area contributed by atoms with Crippen molar-refractivity contribution in [1.29, 1.82) is 0 Å². The molecule has 8 heteroatoms. The highest BCUT2D eigenvalue weighted by molar-refractivity contribution is 7.15. The zero-order valence-electron chi connectivity index (χ0n) is 18.7. The van der Waals surface area contributed by atoms with Crippen LogP contribution in [-0.2, 0) is 12.7 Å². The van der Waals surface area contributed by atoms with E-state index in [1.165, 1.54) is 24.5 Å². The fraction of sp³-hybridized carbons (Fsp3) is 0.308. The van der Waals surface area contributed by atoms with Crippen molar-refractivity contribution in [2.75, 3.05) is 13.1 Å². The molecule has 0 unspecified atom stereocenters. The van der Waals surface area contributed by atoms with Gasteiger partial charge in [-0.05, 0) is 62.0 Å². The largest absolute Gasteiger partial charge is 0.426 e. The van der Waals surface area contributed by atoms with Crippen LogP contribution in [-0.4, -0.2) is 28.1 Å². The molecule has 3 aromatic rings. The highest BCUT2D eigenvalue weighted by Crippen LogP contribution is 2.45. The van der Waals surface area contributed by atoms with E-state index >= 15 is 0 Å². The third kappa shape index (κ3) is 4.65. The maximum atomic E-state index is 13.8. The van der Waals surface area contributed by atoms with E-state index in [1.807, 2.05) is 31.2 Å². The Balaban J connectivity index is 1.48. The van der Waals surface area contributed by atoms with Crippen LogP contribution in [0.25, 0.3) is 27.7 Å². The van der Waals surface area contributed by atoms with Crippen molar-refractivity contribution in [3.05, 3.63) is 76.2 Å². The molecule has 1 saturated heterocycles. The molecule has 0 amide bonds. The molecule has 176 valence electrons. The lowest BCUT2D eigenvalue weighted by Gasteiger charge is -2.17. The second kappa shape index (κ2) is 9.35. The van der Waals surface area contributed by atoms with Gasteiger partial charge in [0.15, 0.2) is 0 Å². The van der Waals surface area contributed by atoms with Gasteiger partial charge in [-0.2, -0.15) is 18.2 Å². The van der Waals surface area contributed by atoms with E-state index in [0.29, 0.717) is 34.0 Å². The molecular weight excluding hydrogens is 459 g/mol. The number of halogens is 3. The molecule has 0 spiro atoms. The molecule has 2 aliphatic rings. The number of nitrogens with zero attached hydrogens (tertiary/aromatic N) is 3. The molecule has 3 heterocycles. The van der Waals surface area contributed by atoms with E-state index in [1.54, 1.807) is 18.2 Å². The van der Waals surface area contributed by atoms with Crippen LogP contribution in [0.3, 0.4) is 0 Å². The van der Waals surface area contributed by atoms with Crippen molar-refractivity contribution in [3.63, 3.8) is 0 Å². The van der Waals surface area contributed by atoms with Gasteiger partial charge in [-0.3, -0.25) is 4.90 Å². The first-order valence-corrected chi connectivity index (χ1v) is 12.1. The van der Waals surface area contributed by atoms with Crippen LogP contribution >= 0.6 is 11.3 Å². The summed E-state index contributed by atoms with van der Waals surface area (Å²) in [5.41, 5.74) is 3.86. The van der Waals surface area contributed by atoms with E-state index in [4.69, 9.17) is 4.52 Å². The molecular formula is C26H24F3N3OS. The van der Waals surface area contributed by atoms with Gasteiger partial charge in [0.25, 0.3) is 5.89 Å². The predicted molar refractivity (Wildman–Crippen MR) is 128 cm³/mol. The molecule has 5 rings (SSSR count). The molecule has 1 fully saturated rings. The number of aromatic nitrogens is 2. The summed E-state index contributed by atoms with van der Waals surface area (Å²) in [7, 11) is 0. The molecule has 0 radical (unpaired) electrons. The molecule has 0 N–H and O–H groups in total. The minimum atomic E-state index is -4.47. The summed E-state index contributed by atoms with van der Waals surface area (Å²) in [6.07, 6.45) is 7.33. The van der Waals surface area contributed by atoms with E-state index in [9.17, 15) is 13.2 Å². The van der Waals surface area contributed by atoms with Crippen LogP contribution in [0, 0.1) is 6.92 Å². The van der Waals surface area contributed by atoms with Crippen LogP contribution in [0.5, 0.6) is 0 Å². The van der Waals surface area contributed by atoms with Gasteiger partial charge < -0.3 is 4.52 Å². The number of benzene rings is 1. The second-order valence-corrected chi connectivity index (χ2v) is 9.61. The summed E-state index contributed by atoms with van der Waals surface area (Å²) in [5, 5.41) is 4.11. The van der Waals surface area contributed by atoms with Gasteiger partial charge in [-0.25, -0.2) is 0 Å². The topological polar surface area (TPSA) is 42.2 Å². The van der Waals surface area contributed by atoms with Crippen LogP contribution in [0.4, 0.5) is 13.2 Å². The van der Waals surface area contributed by atoms with Gasteiger partial charge in [0, 0.05) is 17.7 Å². The lowest BCUT2D eigenvalue weighted by molar-refractivity contribution is -0.134. The molecule has 1 aliphatic carbocycles. The Morgan fingerprint density at radius 3 is 2.71 bits per heavy atom. The number of hydrogen-bond acceptors (Lipinski definition) is 5. The van der Waals surface area contributed by atoms with Crippen LogP contribution in [0.15, 0.2) is 59.2 Å². The quantitative estimate of drug-likeness (QED) is 0.382. The molecule has 34 heavy (non-hydrogen) atoms. The summed E-state index contributed by atoms with van der Waals surface area (Å²) < 4.78 is 47.0. The molecule has 1 aromatic carbocycles. The van der Waals surface area contributed by atoms with E-state index in [-0.39, 0.29) is 11.5 Å². The molecule has 0 atom stereocenters. The van der Waals surface area contributed by atoms with Gasteiger partial charge in [0.1, 0.15) is 4.88 Å². The fourth-order valence-corrected chi connectivity index (χ4v) is 5.42. The fourth-order valence-electron chi connectivity index (χ4n) is 4.43. The Bertz CT molecular complexity index is 1280. The molecule has 2 aromatic heterocycles. The summed E-state index contributed by atoms with van der Waals surface area (Å²) in [4.78, 5) is 6.57. The highest BCUT2D eigenvalue weighted by atomic mass is 32.1. The molecule has 1 aliphatic heterocycles. The number of thiophene rings is 1. The van der Waals surface area contributed by atoms with Gasteiger partial charge >= 0.3 is 6.18 Å². The number of likely N-dealkylation sites (tertiary alicyclic amines) is 1. The maximum absolute atomic E-state index is 13.8. The Kier molecular flexibility index (Phi) is 6.27. The Morgan fingerprint density at radius 1 is 1.09 bits per heavy atom. The van der Waals surface area contributed by atoms with Gasteiger partial charge in [0.2, 0.25) is 5.82 Å². The van der Waals surface area contributed by atoms with Crippen molar-refractivity contribution in [2.45, 2.75) is 38.9 Å². The van der Waals surface area contributed by atoms with Crippen molar-refractivity contribution in [2.24, 2.45) is 0 Å². The maximum Gasteiger partial charge on any atom is 0.426 e. The first-order chi connectivity index (χ1) is 16.4. The first kappa shape index (κ1) is 22.8.